The molecule has 0 radical (unpaired) electrons. The van der Waals surface area contributed by atoms with E-state index in [0.29, 0.717) is 21.3 Å². The number of phenols is 1. The first kappa shape index (κ1) is 15.7. The van der Waals surface area contributed by atoms with Crippen molar-refractivity contribution in [2.24, 2.45) is 0 Å². The van der Waals surface area contributed by atoms with Crippen LogP contribution in [0.1, 0.15) is 11.1 Å². The van der Waals surface area contributed by atoms with Crippen LogP contribution < -0.4 is 10.5 Å². The number of nitrogen functional groups attached to an aromatic ring is 1. The first-order chi connectivity index (χ1) is 9.70. The number of benzene rings is 2. The van der Waals surface area contributed by atoms with Crippen molar-refractivity contribution in [2.75, 3.05) is 10.5 Å². The predicted octanol–water partition coefficient (Wildman–Crippen LogP) is 3.15. The smallest absolute Gasteiger partial charge is 0.262 e. The number of hydrogen-bond acceptors (Lipinski definition) is 4. The average molecular weight is 371 g/mol. The van der Waals surface area contributed by atoms with Gasteiger partial charge in [-0.1, -0.05) is 22.0 Å². The molecular weight excluding hydrogens is 356 g/mol. The van der Waals surface area contributed by atoms with Crippen LogP contribution in [0.25, 0.3) is 0 Å². The van der Waals surface area contributed by atoms with Gasteiger partial charge in [0.15, 0.2) is 0 Å². The third-order valence-corrected chi connectivity index (χ3v) is 5.08. The van der Waals surface area contributed by atoms with Crippen molar-refractivity contribution in [1.29, 1.82) is 0 Å². The lowest BCUT2D eigenvalue weighted by Gasteiger charge is -2.13. The van der Waals surface area contributed by atoms with E-state index in [2.05, 4.69) is 20.7 Å². The number of halogens is 1. The summed E-state index contributed by atoms with van der Waals surface area (Å²) < 4.78 is 27.9. The van der Waals surface area contributed by atoms with Crippen molar-refractivity contribution < 1.29 is 13.5 Å². The molecule has 0 aliphatic rings. The molecule has 21 heavy (non-hydrogen) atoms. The van der Waals surface area contributed by atoms with Crippen LogP contribution >= 0.6 is 15.9 Å². The summed E-state index contributed by atoms with van der Waals surface area (Å²) in [4.78, 5) is 0.0921. The van der Waals surface area contributed by atoms with Gasteiger partial charge in [0, 0.05) is 16.2 Å². The Bertz CT molecular complexity index is 804. The molecule has 2 rings (SSSR count). The molecular formula is C14H15BrN2O3S. The van der Waals surface area contributed by atoms with Crippen LogP contribution in [0, 0.1) is 13.8 Å². The van der Waals surface area contributed by atoms with Crippen LogP contribution in [-0.4, -0.2) is 13.5 Å². The molecule has 0 aromatic heterocycles. The summed E-state index contributed by atoms with van der Waals surface area (Å²) >= 11 is 3.23. The lowest BCUT2D eigenvalue weighted by molar-refractivity contribution is 0.471. The topological polar surface area (TPSA) is 92.4 Å². The van der Waals surface area contributed by atoms with Crippen molar-refractivity contribution in [3.05, 3.63) is 45.9 Å². The molecule has 0 aliphatic heterocycles. The number of aryl methyl sites for hydroxylation is 1. The molecule has 4 N–H and O–H groups in total. The van der Waals surface area contributed by atoms with Crippen LogP contribution in [0.15, 0.2) is 39.7 Å². The maximum Gasteiger partial charge on any atom is 0.262 e. The molecule has 0 heterocycles. The summed E-state index contributed by atoms with van der Waals surface area (Å²) in [6, 6.07) is 7.72. The summed E-state index contributed by atoms with van der Waals surface area (Å²) in [5.41, 5.74) is 7.61. The third-order valence-electron chi connectivity index (χ3n) is 3.12. The van der Waals surface area contributed by atoms with Crippen molar-refractivity contribution in [3.8, 4) is 5.75 Å². The number of hydrogen-bond donors (Lipinski definition) is 3. The van der Waals surface area contributed by atoms with Crippen LogP contribution in [-0.2, 0) is 10.0 Å². The largest absolute Gasteiger partial charge is 0.508 e. The standard InChI is InChI=1S/C14H15BrN2O3S/c1-8-3-4-11(7-13(8)18)17-21(19,20)14-6-10(15)5-12(16)9(14)2/h3-7,17-18H,16H2,1-2H3. The van der Waals surface area contributed by atoms with Gasteiger partial charge >= 0.3 is 0 Å². The molecule has 2 aromatic rings. The minimum absolute atomic E-state index is 0.0284. The normalized spacial score (nSPS) is 11.4. The zero-order valence-corrected chi connectivity index (χ0v) is 13.9. The van der Waals surface area contributed by atoms with E-state index in [-0.39, 0.29) is 16.3 Å². The number of nitrogens with two attached hydrogens (primary N) is 1. The molecule has 0 saturated carbocycles. The van der Waals surface area contributed by atoms with E-state index in [4.69, 9.17) is 5.73 Å². The first-order valence-corrected chi connectivity index (χ1v) is 8.36. The highest BCUT2D eigenvalue weighted by molar-refractivity contribution is 9.10. The molecule has 0 aliphatic carbocycles. The van der Waals surface area contributed by atoms with E-state index >= 15 is 0 Å². The molecule has 0 spiro atoms. The van der Waals surface area contributed by atoms with Gasteiger partial charge in [-0.2, -0.15) is 0 Å². The van der Waals surface area contributed by atoms with E-state index in [9.17, 15) is 13.5 Å². The average Bonchev–Trinajstić information content (AvgIpc) is 2.37. The van der Waals surface area contributed by atoms with Gasteiger partial charge in [0.05, 0.1) is 10.6 Å². The van der Waals surface area contributed by atoms with Gasteiger partial charge in [-0.05, 0) is 43.2 Å². The number of nitrogens with one attached hydrogen (secondary N) is 1. The fraction of sp³-hybridized carbons (Fsp3) is 0.143. The highest BCUT2D eigenvalue weighted by Gasteiger charge is 2.19. The van der Waals surface area contributed by atoms with Crippen molar-refractivity contribution in [3.63, 3.8) is 0 Å². The number of sulfonamides is 1. The molecule has 0 saturated heterocycles. The Morgan fingerprint density at radius 1 is 1.19 bits per heavy atom. The van der Waals surface area contributed by atoms with E-state index in [1.165, 1.54) is 12.1 Å². The molecule has 5 nitrogen and oxygen atoms in total. The Balaban J connectivity index is 2.45. The second kappa shape index (κ2) is 5.57. The van der Waals surface area contributed by atoms with Gasteiger partial charge in [0.25, 0.3) is 10.0 Å². The van der Waals surface area contributed by atoms with Gasteiger partial charge in [0.1, 0.15) is 5.75 Å². The van der Waals surface area contributed by atoms with Crippen LogP contribution in [0.2, 0.25) is 0 Å². The second-order valence-electron chi connectivity index (χ2n) is 4.72. The highest BCUT2D eigenvalue weighted by atomic mass is 79.9. The summed E-state index contributed by atoms with van der Waals surface area (Å²) in [5.74, 6) is 0.0284. The maximum atomic E-state index is 12.5. The van der Waals surface area contributed by atoms with Crippen molar-refractivity contribution >= 4 is 37.3 Å². The van der Waals surface area contributed by atoms with Gasteiger partial charge in [-0.3, -0.25) is 4.72 Å². The molecule has 0 unspecified atom stereocenters. The Hall–Kier alpha value is -1.73. The van der Waals surface area contributed by atoms with E-state index in [0.717, 1.165) is 0 Å². The molecule has 7 heteroatoms. The van der Waals surface area contributed by atoms with E-state index < -0.39 is 10.0 Å². The summed E-state index contributed by atoms with van der Waals surface area (Å²) in [5, 5.41) is 9.65. The molecule has 0 amide bonds. The number of phenolic OH excluding ortho intramolecular Hbond substituents is 1. The molecule has 2 aromatic carbocycles. The predicted molar refractivity (Wildman–Crippen MR) is 86.9 cm³/mol. The zero-order valence-electron chi connectivity index (χ0n) is 11.5. The minimum atomic E-state index is -3.79. The fourth-order valence-corrected chi connectivity index (χ4v) is 3.81. The maximum absolute atomic E-state index is 12.5. The van der Waals surface area contributed by atoms with E-state index in [1.807, 2.05) is 0 Å². The second-order valence-corrected chi connectivity index (χ2v) is 7.29. The summed E-state index contributed by atoms with van der Waals surface area (Å²) in [7, 11) is -3.79. The number of anilines is 2. The Labute approximate surface area is 132 Å². The molecule has 112 valence electrons. The number of aromatic hydroxyl groups is 1. The monoisotopic (exact) mass is 370 g/mol. The number of rotatable bonds is 3. The highest BCUT2D eigenvalue weighted by Crippen LogP contribution is 2.29. The van der Waals surface area contributed by atoms with Gasteiger partial charge in [-0.15, -0.1) is 0 Å². The summed E-state index contributed by atoms with van der Waals surface area (Å²) in [6.07, 6.45) is 0. The quantitative estimate of drug-likeness (QED) is 0.723. The van der Waals surface area contributed by atoms with Gasteiger partial charge in [0.2, 0.25) is 0 Å². The lowest BCUT2D eigenvalue weighted by atomic mass is 10.2. The summed E-state index contributed by atoms with van der Waals surface area (Å²) in [6.45, 7) is 3.37. The van der Waals surface area contributed by atoms with Gasteiger partial charge in [-0.25, -0.2) is 8.42 Å². The van der Waals surface area contributed by atoms with Crippen LogP contribution in [0.4, 0.5) is 11.4 Å². The fourth-order valence-electron chi connectivity index (χ4n) is 1.84. The SMILES string of the molecule is Cc1ccc(NS(=O)(=O)c2cc(Br)cc(N)c2C)cc1O. The van der Waals surface area contributed by atoms with Crippen molar-refractivity contribution in [2.45, 2.75) is 18.7 Å². The van der Waals surface area contributed by atoms with E-state index in [1.54, 1.807) is 32.0 Å². The van der Waals surface area contributed by atoms with Crippen LogP contribution in [0.3, 0.4) is 0 Å². The Morgan fingerprint density at radius 3 is 2.48 bits per heavy atom. The molecule has 0 bridgehead atoms. The Morgan fingerprint density at radius 2 is 1.86 bits per heavy atom. The zero-order chi connectivity index (χ0) is 15.8. The Kier molecular flexibility index (Phi) is 4.15. The van der Waals surface area contributed by atoms with Gasteiger partial charge < -0.3 is 10.8 Å². The molecule has 0 fully saturated rings. The molecule has 0 atom stereocenters. The third kappa shape index (κ3) is 3.30. The first-order valence-electron chi connectivity index (χ1n) is 6.09. The lowest BCUT2D eigenvalue weighted by Crippen LogP contribution is -2.15. The van der Waals surface area contributed by atoms with Crippen LogP contribution in [0.5, 0.6) is 5.75 Å². The van der Waals surface area contributed by atoms with Crippen molar-refractivity contribution in [1.82, 2.24) is 0 Å². The minimum Gasteiger partial charge on any atom is -0.508 e.